The average molecular weight is 306 g/mol. The molecule has 5 heteroatoms. The summed E-state index contributed by atoms with van der Waals surface area (Å²) in [6.07, 6.45) is 0.569. The second-order valence-electron chi connectivity index (χ2n) is 3.73. The first-order chi connectivity index (χ1) is 8.06. The van der Waals surface area contributed by atoms with Crippen molar-refractivity contribution in [3.05, 3.63) is 35.4 Å². The quantitative estimate of drug-likeness (QED) is 0.766. The number of hydrogen-bond acceptors (Lipinski definition) is 1. The molecule has 1 amide bonds. The lowest BCUT2D eigenvalue weighted by Gasteiger charge is -2.16. The van der Waals surface area contributed by atoms with Crippen molar-refractivity contribution in [1.29, 1.82) is 0 Å². The molecule has 1 aromatic rings. The minimum atomic E-state index is -0.674. The Kier molecular flexibility index (Phi) is 5.55. The van der Waals surface area contributed by atoms with Gasteiger partial charge in [0.15, 0.2) is 0 Å². The summed E-state index contributed by atoms with van der Waals surface area (Å²) in [5.74, 6) is -1.63. The third-order valence-corrected chi connectivity index (χ3v) is 3.00. The number of benzene rings is 1. The Bertz CT molecular complexity index is 378. The van der Waals surface area contributed by atoms with Crippen LogP contribution in [0.15, 0.2) is 18.2 Å². The first-order valence-electron chi connectivity index (χ1n) is 5.29. The summed E-state index contributed by atoms with van der Waals surface area (Å²) >= 11 is 3.26. The van der Waals surface area contributed by atoms with Crippen LogP contribution in [0.5, 0.6) is 0 Å². The lowest BCUT2D eigenvalue weighted by molar-refractivity contribution is -0.129. The maximum Gasteiger partial charge on any atom is 0.226 e. The Hall–Kier alpha value is -0.970. The fraction of sp³-hybridized carbons (Fsp3) is 0.417. The van der Waals surface area contributed by atoms with Gasteiger partial charge in [-0.05, 0) is 18.6 Å². The minimum Gasteiger partial charge on any atom is -0.345 e. The number of carbonyl (C=O) groups excluding carboxylic acids is 1. The third kappa shape index (κ3) is 4.07. The van der Waals surface area contributed by atoms with Crippen molar-refractivity contribution >= 4 is 21.8 Å². The van der Waals surface area contributed by atoms with Crippen LogP contribution >= 0.6 is 15.9 Å². The van der Waals surface area contributed by atoms with E-state index in [0.29, 0.717) is 6.54 Å². The molecule has 0 aliphatic carbocycles. The van der Waals surface area contributed by atoms with Crippen molar-refractivity contribution in [2.24, 2.45) is 0 Å². The molecule has 0 bridgehead atoms. The summed E-state index contributed by atoms with van der Waals surface area (Å²) in [4.78, 5) is 13.2. The summed E-state index contributed by atoms with van der Waals surface area (Å²) in [6, 6.07) is 3.60. The number of hydrogen-bond donors (Lipinski definition) is 0. The van der Waals surface area contributed by atoms with Gasteiger partial charge in [0.1, 0.15) is 11.6 Å². The van der Waals surface area contributed by atoms with Crippen molar-refractivity contribution in [2.75, 3.05) is 18.9 Å². The molecule has 0 unspecified atom stereocenters. The van der Waals surface area contributed by atoms with Gasteiger partial charge in [-0.25, -0.2) is 8.78 Å². The van der Waals surface area contributed by atoms with E-state index in [1.165, 1.54) is 11.0 Å². The van der Waals surface area contributed by atoms with E-state index in [9.17, 15) is 13.6 Å². The number of nitrogens with zero attached hydrogens (tertiary/aromatic N) is 1. The van der Waals surface area contributed by atoms with E-state index in [1.807, 2.05) is 0 Å². The number of alkyl halides is 1. The molecule has 1 aromatic carbocycles. The van der Waals surface area contributed by atoms with Gasteiger partial charge < -0.3 is 4.90 Å². The van der Waals surface area contributed by atoms with Crippen molar-refractivity contribution in [2.45, 2.75) is 12.8 Å². The van der Waals surface area contributed by atoms with E-state index < -0.39 is 11.6 Å². The molecule has 1 rings (SSSR count). The van der Waals surface area contributed by atoms with Crippen molar-refractivity contribution < 1.29 is 13.6 Å². The normalized spacial score (nSPS) is 10.4. The van der Waals surface area contributed by atoms with Crippen LogP contribution < -0.4 is 0 Å². The monoisotopic (exact) mass is 305 g/mol. The van der Waals surface area contributed by atoms with Gasteiger partial charge in [0.05, 0.1) is 6.42 Å². The highest BCUT2D eigenvalue weighted by molar-refractivity contribution is 9.09. The van der Waals surface area contributed by atoms with E-state index in [2.05, 4.69) is 15.9 Å². The van der Waals surface area contributed by atoms with E-state index in [1.54, 1.807) is 7.05 Å². The molecule has 0 aromatic heterocycles. The van der Waals surface area contributed by atoms with E-state index in [4.69, 9.17) is 0 Å². The highest BCUT2D eigenvalue weighted by Gasteiger charge is 2.15. The fourth-order valence-corrected chi connectivity index (χ4v) is 1.66. The highest BCUT2D eigenvalue weighted by atomic mass is 79.9. The molecule has 17 heavy (non-hydrogen) atoms. The zero-order valence-corrected chi connectivity index (χ0v) is 11.1. The van der Waals surface area contributed by atoms with Gasteiger partial charge in [-0.2, -0.15) is 0 Å². The van der Waals surface area contributed by atoms with Gasteiger partial charge in [-0.3, -0.25) is 4.79 Å². The van der Waals surface area contributed by atoms with E-state index >= 15 is 0 Å². The van der Waals surface area contributed by atoms with Gasteiger partial charge >= 0.3 is 0 Å². The molecule has 94 valence electrons. The molecular formula is C12H14BrF2NO. The largest absolute Gasteiger partial charge is 0.345 e. The fourth-order valence-electron chi connectivity index (χ4n) is 1.41. The van der Waals surface area contributed by atoms with Crippen LogP contribution in [0.4, 0.5) is 8.78 Å². The third-order valence-electron chi connectivity index (χ3n) is 2.44. The molecule has 0 fully saturated rings. The number of halogens is 3. The van der Waals surface area contributed by atoms with E-state index in [-0.39, 0.29) is 17.9 Å². The number of likely N-dealkylation sites (N-methyl/N-ethyl adjacent to an activating group) is 1. The Balaban J connectivity index is 2.68. The summed E-state index contributed by atoms with van der Waals surface area (Å²) in [5, 5.41) is 0.790. The first kappa shape index (κ1) is 14.1. The molecule has 2 nitrogen and oxygen atoms in total. The summed E-state index contributed by atoms with van der Waals surface area (Å²) < 4.78 is 26.6. The first-order valence-corrected chi connectivity index (χ1v) is 6.41. The molecule has 0 saturated carbocycles. The SMILES string of the molecule is CN(CCCBr)C(=O)Cc1c(F)cccc1F. The Morgan fingerprint density at radius 1 is 1.35 bits per heavy atom. The van der Waals surface area contributed by atoms with Gasteiger partial charge in [0, 0.05) is 24.5 Å². The van der Waals surface area contributed by atoms with Crippen LogP contribution in [-0.2, 0) is 11.2 Å². The lowest BCUT2D eigenvalue weighted by atomic mass is 10.1. The lowest BCUT2D eigenvalue weighted by Crippen LogP contribution is -2.29. The van der Waals surface area contributed by atoms with Gasteiger partial charge in [0.2, 0.25) is 5.91 Å². The molecule has 0 N–H and O–H groups in total. The Labute approximate surface area is 108 Å². The maximum absolute atomic E-state index is 13.3. The van der Waals surface area contributed by atoms with Crippen molar-refractivity contribution in [3.63, 3.8) is 0 Å². The van der Waals surface area contributed by atoms with Gasteiger partial charge in [-0.1, -0.05) is 22.0 Å². The van der Waals surface area contributed by atoms with Crippen molar-refractivity contribution in [1.82, 2.24) is 4.90 Å². The average Bonchev–Trinajstić information content (AvgIpc) is 2.30. The molecule has 0 aliphatic rings. The number of amides is 1. The second-order valence-corrected chi connectivity index (χ2v) is 4.53. The predicted molar refractivity (Wildman–Crippen MR) is 66.1 cm³/mol. The molecular weight excluding hydrogens is 292 g/mol. The van der Waals surface area contributed by atoms with Crippen molar-refractivity contribution in [3.8, 4) is 0 Å². The standard InChI is InChI=1S/C12H14BrF2NO/c1-16(7-3-6-13)12(17)8-9-10(14)4-2-5-11(9)15/h2,4-5H,3,6-8H2,1H3. The smallest absolute Gasteiger partial charge is 0.226 e. The van der Waals surface area contributed by atoms with Gasteiger partial charge in [-0.15, -0.1) is 0 Å². The highest BCUT2D eigenvalue weighted by Crippen LogP contribution is 2.13. The van der Waals surface area contributed by atoms with Crippen LogP contribution in [0.2, 0.25) is 0 Å². The van der Waals surface area contributed by atoms with Crippen LogP contribution in [0.1, 0.15) is 12.0 Å². The predicted octanol–water partition coefficient (Wildman–Crippen LogP) is 2.75. The summed E-state index contributed by atoms with van der Waals surface area (Å²) in [5.41, 5.74) is -0.164. The molecule has 0 aliphatic heterocycles. The topological polar surface area (TPSA) is 20.3 Å². The zero-order chi connectivity index (χ0) is 12.8. The molecule has 0 atom stereocenters. The van der Waals surface area contributed by atoms with Crippen LogP contribution in [0.3, 0.4) is 0 Å². The summed E-state index contributed by atoms with van der Waals surface area (Å²) in [6.45, 7) is 0.570. The molecule has 0 heterocycles. The van der Waals surface area contributed by atoms with Crippen LogP contribution in [-0.4, -0.2) is 29.7 Å². The second kappa shape index (κ2) is 6.69. The Morgan fingerprint density at radius 2 is 1.94 bits per heavy atom. The summed E-state index contributed by atoms with van der Waals surface area (Å²) in [7, 11) is 1.63. The van der Waals surface area contributed by atoms with Crippen LogP contribution in [0.25, 0.3) is 0 Å². The number of carbonyl (C=O) groups is 1. The molecule has 0 spiro atoms. The molecule has 0 saturated heterocycles. The Morgan fingerprint density at radius 3 is 2.47 bits per heavy atom. The van der Waals surface area contributed by atoms with Gasteiger partial charge in [0.25, 0.3) is 0 Å². The number of rotatable bonds is 5. The van der Waals surface area contributed by atoms with Crippen LogP contribution in [0, 0.1) is 11.6 Å². The minimum absolute atomic E-state index is 0.164. The maximum atomic E-state index is 13.3. The van der Waals surface area contributed by atoms with E-state index in [0.717, 1.165) is 23.9 Å². The molecule has 0 radical (unpaired) electrons. The zero-order valence-electron chi connectivity index (χ0n) is 9.55.